The van der Waals surface area contributed by atoms with Crippen LogP contribution in [0.5, 0.6) is 0 Å². The molecule has 1 unspecified atom stereocenters. The minimum absolute atomic E-state index is 0.145. The van der Waals surface area contributed by atoms with Crippen LogP contribution >= 0.6 is 31.9 Å². The zero-order valence-corrected chi connectivity index (χ0v) is 13.6. The van der Waals surface area contributed by atoms with E-state index in [1.165, 1.54) is 12.8 Å². The highest BCUT2D eigenvalue weighted by molar-refractivity contribution is 9.11. The third-order valence-electron chi connectivity index (χ3n) is 3.42. The van der Waals surface area contributed by atoms with Gasteiger partial charge in [0.2, 0.25) is 0 Å². The maximum Gasteiger partial charge on any atom is 0.254 e. The summed E-state index contributed by atoms with van der Waals surface area (Å²) in [5.74, 6) is 0.145. The van der Waals surface area contributed by atoms with E-state index < -0.39 is 0 Å². The zero-order valence-electron chi connectivity index (χ0n) is 10.5. The first-order valence-electron chi connectivity index (χ1n) is 6.35. The Kier molecular flexibility index (Phi) is 4.84. The number of nitrogens with zero attached hydrogens (tertiary/aromatic N) is 1. The maximum absolute atomic E-state index is 12.6. The normalized spacial score (nSPS) is 20.6. The van der Waals surface area contributed by atoms with E-state index >= 15 is 0 Å². The van der Waals surface area contributed by atoms with Gasteiger partial charge in [0.25, 0.3) is 5.91 Å². The highest BCUT2D eigenvalue weighted by Gasteiger charge is 2.23. The Bertz CT molecular complexity index is 427. The first kappa shape index (κ1) is 14.1. The minimum Gasteiger partial charge on any atom is -0.336 e. The van der Waals surface area contributed by atoms with Crippen molar-refractivity contribution in [3.63, 3.8) is 0 Å². The maximum atomic E-state index is 12.6. The third-order valence-corrected chi connectivity index (χ3v) is 4.34. The average Bonchev–Trinajstić information content (AvgIpc) is 2.51. The van der Waals surface area contributed by atoms with E-state index in [4.69, 9.17) is 0 Å². The largest absolute Gasteiger partial charge is 0.336 e. The van der Waals surface area contributed by atoms with Crippen LogP contribution in [0.1, 0.15) is 43.0 Å². The lowest BCUT2D eigenvalue weighted by Crippen LogP contribution is -2.38. The van der Waals surface area contributed by atoms with Gasteiger partial charge in [0, 0.05) is 27.1 Å². The molecule has 0 spiro atoms. The first-order valence-corrected chi connectivity index (χ1v) is 7.93. The van der Waals surface area contributed by atoms with E-state index in [0.717, 1.165) is 33.9 Å². The Labute approximate surface area is 125 Å². The molecule has 18 heavy (non-hydrogen) atoms. The number of hydrogen-bond donors (Lipinski definition) is 0. The number of hydrogen-bond acceptors (Lipinski definition) is 1. The Morgan fingerprint density at radius 1 is 1.17 bits per heavy atom. The molecule has 0 aromatic heterocycles. The van der Waals surface area contributed by atoms with Crippen LogP contribution in [-0.4, -0.2) is 23.4 Å². The number of likely N-dealkylation sites (tertiary alicyclic amines) is 1. The summed E-state index contributed by atoms with van der Waals surface area (Å²) in [7, 11) is 0. The van der Waals surface area contributed by atoms with Crippen molar-refractivity contribution >= 4 is 37.8 Å². The monoisotopic (exact) mass is 373 g/mol. The van der Waals surface area contributed by atoms with Crippen molar-refractivity contribution < 1.29 is 4.79 Å². The Hall–Kier alpha value is -0.350. The molecule has 2 nitrogen and oxygen atoms in total. The molecule has 0 bridgehead atoms. The summed E-state index contributed by atoms with van der Waals surface area (Å²) in [6, 6.07) is 6.08. The van der Waals surface area contributed by atoms with Crippen LogP contribution < -0.4 is 0 Å². The number of rotatable bonds is 1. The Balaban J connectivity index is 2.23. The van der Waals surface area contributed by atoms with Gasteiger partial charge in [0.05, 0.1) is 0 Å². The van der Waals surface area contributed by atoms with Crippen LogP contribution in [0.3, 0.4) is 0 Å². The predicted molar refractivity (Wildman–Crippen MR) is 80.8 cm³/mol. The summed E-state index contributed by atoms with van der Waals surface area (Å²) < 4.78 is 1.87. The molecular weight excluding hydrogens is 358 g/mol. The fraction of sp³-hybridized carbons (Fsp3) is 0.500. The van der Waals surface area contributed by atoms with Crippen molar-refractivity contribution in [1.29, 1.82) is 0 Å². The van der Waals surface area contributed by atoms with Gasteiger partial charge in [0.1, 0.15) is 0 Å². The molecule has 1 aromatic rings. The fourth-order valence-corrected chi connectivity index (χ4v) is 3.71. The van der Waals surface area contributed by atoms with Crippen LogP contribution in [0.2, 0.25) is 0 Å². The van der Waals surface area contributed by atoms with Crippen LogP contribution in [0.4, 0.5) is 0 Å². The van der Waals surface area contributed by atoms with Gasteiger partial charge in [0.15, 0.2) is 0 Å². The van der Waals surface area contributed by atoms with Gasteiger partial charge in [-0.1, -0.05) is 44.7 Å². The topological polar surface area (TPSA) is 20.3 Å². The molecule has 1 saturated heterocycles. The van der Waals surface area contributed by atoms with E-state index in [1.807, 2.05) is 23.1 Å². The van der Waals surface area contributed by atoms with Crippen molar-refractivity contribution in [3.05, 3.63) is 32.7 Å². The summed E-state index contributed by atoms with van der Waals surface area (Å²) in [6.07, 6.45) is 4.69. The molecule has 1 aromatic carbocycles. The van der Waals surface area contributed by atoms with Crippen molar-refractivity contribution in [2.45, 2.75) is 38.6 Å². The fourth-order valence-electron chi connectivity index (χ4n) is 2.42. The molecule has 1 fully saturated rings. The van der Waals surface area contributed by atoms with E-state index in [9.17, 15) is 4.79 Å². The lowest BCUT2D eigenvalue weighted by atomic mass is 10.1. The zero-order chi connectivity index (χ0) is 13.1. The highest BCUT2D eigenvalue weighted by atomic mass is 79.9. The van der Waals surface area contributed by atoms with Crippen molar-refractivity contribution in [3.8, 4) is 0 Å². The molecule has 1 heterocycles. The minimum atomic E-state index is 0.145. The lowest BCUT2D eigenvalue weighted by molar-refractivity contribution is 0.0698. The van der Waals surface area contributed by atoms with Crippen molar-refractivity contribution in [2.24, 2.45) is 0 Å². The van der Waals surface area contributed by atoms with E-state index in [-0.39, 0.29) is 5.91 Å². The molecule has 1 amide bonds. The Morgan fingerprint density at radius 2 is 1.83 bits per heavy atom. The molecule has 1 aliphatic rings. The molecule has 0 aliphatic carbocycles. The summed E-state index contributed by atoms with van der Waals surface area (Å²) in [6.45, 7) is 3.03. The number of carbonyl (C=O) groups excluding carboxylic acids is 1. The van der Waals surface area contributed by atoms with Gasteiger partial charge in [-0.15, -0.1) is 0 Å². The molecule has 1 atom stereocenters. The van der Waals surface area contributed by atoms with E-state index in [1.54, 1.807) is 0 Å². The molecule has 0 radical (unpaired) electrons. The summed E-state index contributed by atoms with van der Waals surface area (Å²) >= 11 is 6.87. The molecular formula is C14H17Br2NO. The molecule has 98 valence electrons. The van der Waals surface area contributed by atoms with Gasteiger partial charge in [-0.25, -0.2) is 0 Å². The SMILES string of the molecule is CC1CCCCCN1C(=O)c1cc(Br)cc(Br)c1. The average molecular weight is 375 g/mol. The summed E-state index contributed by atoms with van der Waals surface area (Å²) in [5, 5.41) is 0. The van der Waals surface area contributed by atoms with Crippen LogP contribution in [-0.2, 0) is 0 Å². The van der Waals surface area contributed by atoms with Gasteiger partial charge in [-0.2, -0.15) is 0 Å². The smallest absolute Gasteiger partial charge is 0.254 e. The lowest BCUT2D eigenvalue weighted by Gasteiger charge is -2.27. The molecule has 0 N–H and O–H groups in total. The van der Waals surface area contributed by atoms with E-state index in [2.05, 4.69) is 38.8 Å². The number of amides is 1. The van der Waals surface area contributed by atoms with Gasteiger partial charge >= 0.3 is 0 Å². The molecule has 4 heteroatoms. The number of halogens is 2. The molecule has 0 saturated carbocycles. The van der Waals surface area contributed by atoms with Crippen LogP contribution in [0.25, 0.3) is 0 Å². The van der Waals surface area contributed by atoms with E-state index in [0.29, 0.717) is 6.04 Å². The van der Waals surface area contributed by atoms with Crippen LogP contribution in [0, 0.1) is 0 Å². The van der Waals surface area contributed by atoms with Gasteiger partial charge in [-0.3, -0.25) is 4.79 Å². The second-order valence-corrected chi connectivity index (χ2v) is 6.69. The standard InChI is InChI=1S/C14H17Br2NO/c1-10-5-3-2-4-6-17(10)14(18)11-7-12(15)9-13(16)8-11/h7-10H,2-6H2,1H3. The molecule has 1 aliphatic heterocycles. The van der Waals surface area contributed by atoms with Gasteiger partial charge < -0.3 is 4.90 Å². The predicted octanol–water partition coefficient (Wildman–Crippen LogP) is 4.62. The molecule has 2 rings (SSSR count). The number of carbonyl (C=O) groups is 1. The van der Waals surface area contributed by atoms with Crippen LogP contribution in [0.15, 0.2) is 27.1 Å². The third kappa shape index (κ3) is 3.35. The summed E-state index contributed by atoms with van der Waals surface area (Å²) in [4.78, 5) is 14.6. The van der Waals surface area contributed by atoms with Gasteiger partial charge in [-0.05, 0) is 38.0 Å². The van der Waals surface area contributed by atoms with Crippen molar-refractivity contribution in [1.82, 2.24) is 4.90 Å². The Morgan fingerprint density at radius 3 is 2.50 bits per heavy atom. The highest BCUT2D eigenvalue weighted by Crippen LogP contribution is 2.24. The quantitative estimate of drug-likeness (QED) is 0.702. The van der Waals surface area contributed by atoms with Crippen molar-refractivity contribution in [2.75, 3.05) is 6.54 Å². The second-order valence-electron chi connectivity index (χ2n) is 4.86. The first-order chi connectivity index (χ1) is 8.58. The summed E-state index contributed by atoms with van der Waals surface area (Å²) in [5.41, 5.74) is 0.755. The number of benzene rings is 1. The second kappa shape index (κ2) is 6.20.